The number of nitrogens with zero attached hydrogens (tertiary/aromatic N) is 2. The number of carbonyl (C=O) groups excluding carboxylic acids is 10. The molecule has 21 heteroatoms. The van der Waals surface area contributed by atoms with Gasteiger partial charge < -0.3 is 57.3 Å². The fourth-order valence-corrected chi connectivity index (χ4v) is 9.51. The van der Waals surface area contributed by atoms with Crippen molar-refractivity contribution in [3.05, 3.63) is 24.5 Å². The zero-order chi connectivity index (χ0) is 61.1. The lowest BCUT2D eigenvalue weighted by Gasteiger charge is -2.34. The van der Waals surface area contributed by atoms with Crippen molar-refractivity contribution >= 4 is 59.1 Å². The molecule has 1 fully saturated rings. The Morgan fingerprint density at radius 2 is 0.988 bits per heavy atom. The molecule has 1 aromatic rings. The first-order valence-electron chi connectivity index (χ1n) is 30.1. The molecule has 0 radical (unpaired) electrons. The summed E-state index contributed by atoms with van der Waals surface area (Å²) in [5, 5.41) is 25.1. The summed E-state index contributed by atoms with van der Waals surface area (Å²) in [7, 11) is 0. The van der Waals surface area contributed by atoms with E-state index in [1.54, 1.807) is 4.90 Å². The molecule has 0 aromatic carbocycles. The Hall–Kier alpha value is -6.02. The predicted octanol–water partition coefficient (Wildman–Crippen LogP) is 5.19. The molecule has 0 unspecified atom stereocenters. The molecule has 1 aliphatic heterocycles. The standard InChI is InChI=1S/C60H105N11O10/c1-15-17-19-20-21-23-27-43(63-54(78)47-28-26-35-71(47)49(73)29-22-18-16-2)50(74)64-45(38-41(5)6)52(76)67-59(11,12)56(80)66-44(37-40(3)4)51(75)65-46(39-42(7)8)53(77)68-60(13,14)57(81)69-58(9,10)55(79)62-31-30-48(72)61-32-36-70-33-24-25-34-70/h24-25,33-34,40-47H,15-23,26-32,35-39H2,1-14H3,(H,61,72)(H,62,79)(H,63,78)(H,64,74)(H,65,75)(H,66,80)(H,67,76)(H,68,77)(H,69,81)/t43-,44-,45-,46-,47-/m0/s1. The van der Waals surface area contributed by atoms with Crippen LogP contribution in [0, 0.1) is 17.8 Å². The smallest absolute Gasteiger partial charge is 0.246 e. The van der Waals surface area contributed by atoms with Gasteiger partial charge in [0, 0.05) is 51.4 Å². The average Bonchev–Trinajstić information content (AvgIpc) is 4.11. The van der Waals surface area contributed by atoms with Gasteiger partial charge in [0.1, 0.15) is 46.8 Å². The van der Waals surface area contributed by atoms with Crippen molar-refractivity contribution in [2.24, 2.45) is 17.8 Å². The molecule has 0 spiro atoms. The second-order valence-electron chi connectivity index (χ2n) is 24.9. The highest BCUT2D eigenvalue weighted by molar-refractivity contribution is 6.00. The van der Waals surface area contributed by atoms with Crippen LogP contribution < -0.4 is 47.9 Å². The summed E-state index contributed by atoms with van der Waals surface area (Å²) >= 11 is 0. The molecule has 5 atom stereocenters. The van der Waals surface area contributed by atoms with Gasteiger partial charge in [0.2, 0.25) is 59.1 Å². The van der Waals surface area contributed by atoms with Crippen molar-refractivity contribution in [2.75, 3.05) is 19.6 Å². The molecule has 1 aromatic heterocycles. The van der Waals surface area contributed by atoms with E-state index in [2.05, 4.69) is 61.7 Å². The van der Waals surface area contributed by atoms with E-state index in [-0.39, 0.29) is 61.8 Å². The highest BCUT2D eigenvalue weighted by Crippen LogP contribution is 2.21. The minimum absolute atomic E-state index is 0.0254. The number of hydrogen-bond donors (Lipinski definition) is 9. The fourth-order valence-electron chi connectivity index (χ4n) is 9.51. The van der Waals surface area contributed by atoms with Crippen molar-refractivity contribution in [3.8, 4) is 0 Å². The van der Waals surface area contributed by atoms with Gasteiger partial charge in [-0.15, -0.1) is 0 Å². The second kappa shape index (κ2) is 35.1. The third-order valence-electron chi connectivity index (χ3n) is 14.4. The highest BCUT2D eigenvalue weighted by Gasteiger charge is 2.41. The van der Waals surface area contributed by atoms with Crippen LogP contribution in [-0.2, 0) is 54.5 Å². The summed E-state index contributed by atoms with van der Waals surface area (Å²) in [5.41, 5.74) is -4.65. The third kappa shape index (κ3) is 26.2. The lowest BCUT2D eigenvalue weighted by Crippen LogP contribution is -2.65. The van der Waals surface area contributed by atoms with Crippen molar-refractivity contribution in [1.82, 2.24) is 57.3 Å². The predicted molar refractivity (Wildman–Crippen MR) is 315 cm³/mol. The van der Waals surface area contributed by atoms with Crippen LogP contribution >= 0.6 is 0 Å². The first-order chi connectivity index (χ1) is 37.9. The van der Waals surface area contributed by atoms with Gasteiger partial charge >= 0.3 is 0 Å². The molecular weight excluding hydrogens is 1030 g/mol. The van der Waals surface area contributed by atoms with Crippen LogP contribution in [0.15, 0.2) is 24.5 Å². The van der Waals surface area contributed by atoms with E-state index in [1.807, 2.05) is 70.6 Å². The van der Waals surface area contributed by atoms with Gasteiger partial charge in [-0.3, -0.25) is 47.9 Å². The summed E-state index contributed by atoms with van der Waals surface area (Å²) < 4.78 is 1.93. The largest absolute Gasteiger partial charge is 0.354 e. The number of carbonyl (C=O) groups is 10. The number of rotatable bonds is 38. The third-order valence-corrected chi connectivity index (χ3v) is 14.4. The van der Waals surface area contributed by atoms with E-state index in [0.29, 0.717) is 51.7 Å². The molecule has 9 N–H and O–H groups in total. The molecule has 0 saturated carbocycles. The monoisotopic (exact) mass is 1140 g/mol. The Balaban J connectivity index is 2.20. The van der Waals surface area contributed by atoms with E-state index in [4.69, 9.17) is 0 Å². The zero-order valence-corrected chi connectivity index (χ0v) is 51.8. The second-order valence-corrected chi connectivity index (χ2v) is 24.9. The average molecular weight is 1140 g/mol. The van der Waals surface area contributed by atoms with Gasteiger partial charge in [0.25, 0.3) is 0 Å². The fraction of sp³-hybridized carbons (Fsp3) is 0.767. The van der Waals surface area contributed by atoms with Gasteiger partial charge in [-0.1, -0.05) is 107 Å². The number of aromatic nitrogens is 1. The van der Waals surface area contributed by atoms with Crippen molar-refractivity contribution in [3.63, 3.8) is 0 Å². The number of likely N-dealkylation sites (tertiary alicyclic amines) is 1. The number of nitrogens with one attached hydrogen (secondary N) is 9. The van der Waals surface area contributed by atoms with E-state index >= 15 is 0 Å². The summed E-state index contributed by atoms with van der Waals surface area (Å²) in [6.45, 7) is 25.9. The van der Waals surface area contributed by atoms with Crippen molar-refractivity contribution < 1.29 is 47.9 Å². The van der Waals surface area contributed by atoms with Gasteiger partial charge in [-0.25, -0.2) is 0 Å². The van der Waals surface area contributed by atoms with E-state index in [0.717, 1.165) is 51.4 Å². The molecule has 460 valence electrons. The van der Waals surface area contributed by atoms with Crippen LogP contribution in [0.5, 0.6) is 0 Å². The van der Waals surface area contributed by atoms with Gasteiger partial charge in [-0.2, -0.15) is 0 Å². The SMILES string of the molecule is CCCCCCCC[C@H](NC(=O)[C@@H]1CCCN1C(=O)CCCCC)C(=O)N[C@@H](CC(C)C)C(=O)NC(C)(C)C(=O)N[C@@H](CC(C)C)C(=O)N[C@@H](CC(C)C)C(=O)NC(C)(C)C(=O)NC(C)(C)C(=O)NCCC(=O)NCCn1cccc1. The van der Waals surface area contributed by atoms with E-state index in [9.17, 15) is 47.9 Å². The van der Waals surface area contributed by atoms with E-state index < -0.39 is 94.1 Å². The molecule has 10 amide bonds. The zero-order valence-electron chi connectivity index (χ0n) is 51.8. The first-order valence-corrected chi connectivity index (χ1v) is 30.1. The van der Waals surface area contributed by atoms with Gasteiger partial charge in [0.05, 0.1) is 0 Å². The molecule has 2 heterocycles. The number of hydrogen-bond acceptors (Lipinski definition) is 10. The quantitative estimate of drug-likeness (QED) is 0.0391. The summed E-state index contributed by atoms with van der Waals surface area (Å²) in [4.78, 5) is 139. The Kier molecular flexibility index (Phi) is 30.8. The maximum Gasteiger partial charge on any atom is 0.246 e. The Morgan fingerprint density at radius 1 is 0.506 bits per heavy atom. The van der Waals surface area contributed by atoms with Crippen LogP contribution in [0.4, 0.5) is 0 Å². The minimum Gasteiger partial charge on any atom is -0.354 e. The van der Waals surface area contributed by atoms with Crippen LogP contribution in [0.1, 0.15) is 206 Å². The van der Waals surface area contributed by atoms with Crippen molar-refractivity contribution in [1.29, 1.82) is 0 Å². The Bertz CT molecular complexity index is 2190. The molecule has 0 bridgehead atoms. The highest BCUT2D eigenvalue weighted by atomic mass is 16.2. The van der Waals surface area contributed by atoms with Crippen LogP contribution in [0.2, 0.25) is 0 Å². The molecule has 21 nitrogen and oxygen atoms in total. The lowest BCUT2D eigenvalue weighted by atomic mass is 9.96. The maximum absolute atomic E-state index is 14.3. The topological polar surface area (TPSA) is 287 Å². The maximum atomic E-state index is 14.3. The molecule has 81 heavy (non-hydrogen) atoms. The molecule has 2 rings (SSSR count). The van der Waals surface area contributed by atoms with E-state index in [1.165, 1.54) is 41.5 Å². The van der Waals surface area contributed by atoms with Crippen LogP contribution in [0.25, 0.3) is 0 Å². The van der Waals surface area contributed by atoms with Crippen LogP contribution in [0.3, 0.4) is 0 Å². The van der Waals surface area contributed by atoms with Gasteiger partial charge in [0.15, 0.2) is 0 Å². The molecule has 0 aliphatic carbocycles. The van der Waals surface area contributed by atoms with Crippen molar-refractivity contribution in [2.45, 2.75) is 259 Å². The lowest BCUT2D eigenvalue weighted by molar-refractivity contribution is -0.140. The molecular formula is C60H105N11O10. The minimum atomic E-state index is -1.62. The Labute approximate surface area is 484 Å². The summed E-state index contributed by atoms with van der Waals surface area (Å²) in [5.74, 6) is -5.48. The number of amides is 10. The Morgan fingerprint density at radius 3 is 1.53 bits per heavy atom. The van der Waals surface area contributed by atoms with Crippen LogP contribution in [-0.4, -0.2) is 135 Å². The molecule has 1 saturated heterocycles. The van der Waals surface area contributed by atoms with Gasteiger partial charge in [-0.05, 0) is 116 Å². The summed E-state index contributed by atoms with van der Waals surface area (Å²) in [6, 6.07) is -1.31. The summed E-state index contributed by atoms with van der Waals surface area (Å²) in [6.07, 6.45) is 14.5. The number of unbranched alkanes of at least 4 members (excludes halogenated alkanes) is 7. The molecule has 1 aliphatic rings. The normalized spacial score (nSPS) is 15.3. The first kappa shape index (κ1) is 71.1.